The molecule has 0 radical (unpaired) electrons. The Balaban J connectivity index is 2.16. The summed E-state index contributed by atoms with van der Waals surface area (Å²) in [4.78, 5) is 12.3. The molecule has 2 nitrogen and oxygen atoms in total. The monoisotopic (exact) mass is 334 g/mol. The minimum absolute atomic E-state index is 0.184. The summed E-state index contributed by atoms with van der Waals surface area (Å²) in [6.45, 7) is 4.24. The Kier molecular flexibility index (Phi) is 6.34. The third-order valence-electron chi connectivity index (χ3n) is 3.30. The SMILES string of the molecule is CCOC(=O)C(SCc1ccc(Cl)cc1)c1ccccc1C. The van der Waals surface area contributed by atoms with E-state index in [9.17, 15) is 4.79 Å². The van der Waals surface area contributed by atoms with Gasteiger partial charge in [0.15, 0.2) is 0 Å². The maximum atomic E-state index is 12.3. The molecule has 0 saturated heterocycles. The fourth-order valence-corrected chi connectivity index (χ4v) is 3.47. The Morgan fingerprint density at radius 2 is 1.86 bits per heavy atom. The molecule has 2 rings (SSSR count). The van der Waals surface area contributed by atoms with E-state index in [0.717, 1.165) is 27.5 Å². The van der Waals surface area contributed by atoms with Crippen LogP contribution in [0.15, 0.2) is 48.5 Å². The van der Waals surface area contributed by atoms with Crippen molar-refractivity contribution in [3.63, 3.8) is 0 Å². The summed E-state index contributed by atoms with van der Waals surface area (Å²) in [6, 6.07) is 15.6. The zero-order valence-corrected chi connectivity index (χ0v) is 14.3. The van der Waals surface area contributed by atoms with Crippen LogP contribution in [0.2, 0.25) is 5.02 Å². The molecule has 0 amide bonds. The average Bonchev–Trinajstić information content (AvgIpc) is 2.51. The molecule has 4 heteroatoms. The molecular weight excluding hydrogens is 316 g/mol. The fourth-order valence-electron chi connectivity index (χ4n) is 2.14. The van der Waals surface area contributed by atoms with Crippen LogP contribution in [0, 0.1) is 6.92 Å². The minimum Gasteiger partial charge on any atom is -0.465 e. The standard InChI is InChI=1S/C18H19ClO2S/c1-3-21-18(20)17(16-7-5-4-6-13(16)2)22-12-14-8-10-15(19)11-9-14/h4-11,17H,3,12H2,1-2H3. The number of halogens is 1. The topological polar surface area (TPSA) is 26.3 Å². The summed E-state index contributed by atoms with van der Waals surface area (Å²) in [5.41, 5.74) is 3.25. The van der Waals surface area contributed by atoms with Gasteiger partial charge >= 0.3 is 5.97 Å². The number of rotatable bonds is 6. The van der Waals surface area contributed by atoms with Crippen molar-refractivity contribution < 1.29 is 9.53 Å². The third kappa shape index (κ3) is 4.52. The van der Waals surface area contributed by atoms with E-state index in [-0.39, 0.29) is 11.2 Å². The van der Waals surface area contributed by atoms with Crippen LogP contribution in [-0.4, -0.2) is 12.6 Å². The first-order chi connectivity index (χ1) is 10.6. The highest BCUT2D eigenvalue weighted by Crippen LogP contribution is 2.34. The molecule has 22 heavy (non-hydrogen) atoms. The van der Waals surface area contributed by atoms with E-state index < -0.39 is 0 Å². The molecule has 0 aromatic heterocycles. The van der Waals surface area contributed by atoms with Gasteiger partial charge in [-0.2, -0.15) is 0 Å². The number of aryl methyl sites for hydroxylation is 1. The Morgan fingerprint density at radius 3 is 2.50 bits per heavy atom. The van der Waals surface area contributed by atoms with Gasteiger partial charge in [0.25, 0.3) is 0 Å². The highest BCUT2D eigenvalue weighted by molar-refractivity contribution is 7.99. The second-order valence-corrected chi connectivity index (χ2v) is 6.46. The zero-order chi connectivity index (χ0) is 15.9. The molecule has 2 aromatic rings. The molecule has 0 aliphatic rings. The molecule has 0 bridgehead atoms. The van der Waals surface area contributed by atoms with Gasteiger partial charge in [0.05, 0.1) is 6.61 Å². The van der Waals surface area contributed by atoms with Crippen molar-refractivity contribution in [1.82, 2.24) is 0 Å². The van der Waals surface area contributed by atoms with Crippen molar-refractivity contribution in [3.05, 3.63) is 70.2 Å². The van der Waals surface area contributed by atoms with Gasteiger partial charge in [-0.1, -0.05) is 48.0 Å². The second kappa shape index (κ2) is 8.25. The number of hydrogen-bond acceptors (Lipinski definition) is 3. The van der Waals surface area contributed by atoms with Crippen molar-refractivity contribution in [2.75, 3.05) is 6.61 Å². The van der Waals surface area contributed by atoms with Crippen molar-refractivity contribution in [3.8, 4) is 0 Å². The van der Waals surface area contributed by atoms with E-state index in [1.807, 2.05) is 62.4 Å². The van der Waals surface area contributed by atoms with Crippen LogP contribution in [0.5, 0.6) is 0 Å². The van der Waals surface area contributed by atoms with Crippen LogP contribution in [-0.2, 0) is 15.3 Å². The van der Waals surface area contributed by atoms with Gasteiger partial charge < -0.3 is 4.74 Å². The van der Waals surface area contributed by atoms with Crippen molar-refractivity contribution in [2.24, 2.45) is 0 Å². The lowest BCUT2D eigenvalue weighted by Crippen LogP contribution is -2.14. The van der Waals surface area contributed by atoms with Crippen molar-refractivity contribution in [1.29, 1.82) is 0 Å². The van der Waals surface area contributed by atoms with E-state index in [1.54, 1.807) is 11.8 Å². The summed E-state index contributed by atoms with van der Waals surface area (Å²) in [5.74, 6) is 0.547. The Labute approximate surface area is 140 Å². The van der Waals surface area contributed by atoms with Crippen LogP contribution in [0.3, 0.4) is 0 Å². The molecule has 0 aliphatic carbocycles. The van der Waals surface area contributed by atoms with Gasteiger partial charge in [-0.3, -0.25) is 4.79 Å². The quantitative estimate of drug-likeness (QED) is 0.680. The summed E-state index contributed by atoms with van der Waals surface area (Å²) < 4.78 is 5.24. The molecule has 0 saturated carbocycles. The predicted octanol–water partition coefficient (Wildman–Crippen LogP) is 5.19. The van der Waals surface area contributed by atoms with Crippen LogP contribution < -0.4 is 0 Å². The van der Waals surface area contributed by atoms with Crippen LogP contribution in [0.1, 0.15) is 28.9 Å². The first-order valence-electron chi connectivity index (χ1n) is 7.20. The molecule has 116 valence electrons. The lowest BCUT2D eigenvalue weighted by Gasteiger charge is -2.17. The Bertz CT molecular complexity index is 625. The molecule has 1 atom stereocenters. The number of thioether (sulfide) groups is 1. The summed E-state index contributed by atoms with van der Waals surface area (Å²) in [5, 5.41) is 0.409. The lowest BCUT2D eigenvalue weighted by molar-refractivity contribution is -0.142. The Hall–Kier alpha value is -1.45. The molecule has 0 N–H and O–H groups in total. The predicted molar refractivity (Wildman–Crippen MR) is 93.3 cm³/mol. The number of hydrogen-bond donors (Lipinski definition) is 0. The number of carbonyl (C=O) groups is 1. The van der Waals surface area contributed by atoms with E-state index in [1.165, 1.54) is 0 Å². The largest absolute Gasteiger partial charge is 0.465 e. The molecule has 1 unspecified atom stereocenters. The van der Waals surface area contributed by atoms with Crippen molar-refractivity contribution in [2.45, 2.75) is 24.9 Å². The van der Waals surface area contributed by atoms with E-state index in [2.05, 4.69) is 0 Å². The maximum absolute atomic E-state index is 12.3. The number of carbonyl (C=O) groups excluding carboxylic acids is 1. The molecule has 0 heterocycles. The first kappa shape index (κ1) is 16.9. The average molecular weight is 335 g/mol. The molecule has 0 fully saturated rings. The van der Waals surface area contributed by atoms with Crippen LogP contribution in [0.25, 0.3) is 0 Å². The molecule has 2 aromatic carbocycles. The normalized spacial score (nSPS) is 12.0. The number of ether oxygens (including phenoxy) is 1. The summed E-state index contributed by atoms with van der Waals surface area (Å²) in [7, 11) is 0. The highest BCUT2D eigenvalue weighted by atomic mass is 35.5. The van der Waals surface area contributed by atoms with Crippen LogP contribution in [0.4, 0.5) is 0 Å². The van der Waals surface area contributed by atoms with Gasteiger partial charge in [0.2, 0.25) is 0 Å². The second-order valence-electron chi connectivity index (χ2n) is 4.93. The van der Waals surface area contributed by atoms with E-state index >= 15 is 0 Å². The first-order valence-corrected chi connectivity index (χ1v) is 8.62. The maximum Gasteiger partial charge on any atom is 0.323 e. The fraction of sp³-hybridized carbons (Fsp3) is 0.278. The van der Waals surface area contributed by atoms with Crippen LogP contribution >= 0.6 is 23.4 Å². The smallest absolute Gasteiger partial charge is 0.323 e. The van der Waals surface area contributed by atoms with Gasteiger partial charge in [-0.15, -0.1) is 11.8 Å². The van der Waals surface area contributed by atoms with E-state index in [4.69, 9.17) is 16.3 Å². The zero-order valence-electron chi connectivity index (χ0n) is 12.7. The molecule has 0 aliphatic heterocycles. The lowest BCUT2D eigenvalue weighted by atomic mass is 10.1. The van der Waals surface area contributed by atoms with E-state index in [0.29, 0.717) is 6.61 Å². The molecule has 0 spiro atoms. The van der Waals surface area contributed by atoms with Gasteiger partial charge in [-0.05, 0) is 42.7 Å². The Morgan fingerprint density at radius 1 is 1.18 bits per heavy atom. The van der Waals surface area contributed by atoms with Gasteiger partial charge in [-0.25, -0.2) is 0 Å². The summed E-state index contributed by atoms with van der Waals surface area (Å²) in [6.07, 6.45) is 0. The van der Waals surface area contributed by atoms with Crippen molar-refractivity contribution >= 4 is 29.3 Å². The highest BCUT2D eigenvalue weighted by Gasteiger charge is 2.23. The molecular formula is C18H19ClO2S. The number of esters is 1. The van der Waals surface area contributed by atoms with Gasteiger partial charge in [0.1, 0.15) is 5.25 Å². The summed E-state index contributed by atoms with van der Waals surface area (Å²) >= 11 is 7.48. The number of benzene rings is 2. The third-order valence-corrected chi connectivity index (χ3v) is 4.83. The van der Waals surface area contributed by atoms with Gasteiger partial charge in [0, 0.05) is 10.8 Å². The minimum atomic E-state index is -0.308.